The van der Waals surface area contributed by atoms with Gasteiger partial charge in [0, 0.05) is 11.1 Å². The molecule has 9 heteroatoms. The van der Waals surface area contributed by atoms with Gasteiger partial charge in [-0.1, -0.05) is 23.9 Å². The monoisotopic (exact) mass is 480 g/mol. The molecule has 1 aliphatic heterocycles. The molecule has 0 aliphatic carbocycles. The third-order valence-electron chi connectivity index (χ3n) is 5.32. The zero-order chi connectivity index (χ0) is 22.9. The van der Waals surface area contributed by atoms with E-state index in [1.54, 1.807) is 23.5 Å². The van der Waals surface area contributed by atoms with Crippen LogP contribution in [0.1, 0.15) is 17.0 Å². The van der Waals surface area contributed by atoms with Crippen molar-refractivity contribution in [2.45, 2.75) is 25.0 Å². The lowest BCUT2D eigenvalue weighted by Crippen LogP contribution is -2.25. The molecule has 1 aliphatic rings. The van der Waals surface area contributed by atoms with Gasteiger partial charge in [-0.25, -0.2) is 4.98 Å². The number of carbonyl (C=O) groups is 2. The van der Waals surface area contributed by atoms with Crippen LogP contribution in [0.3, 0.4) is 0 Å². The summed E-state index contributed by atoms with van der Waals surface area (Å²) in [5.74, 6) is 2.05. The lowest BCUT2D eigenvalue weighted by Gasteiger charge is -2.08. The van der Waals surface area contributed by atoms with Gasteiger partial charge in [0.05, 0.1) is 22.4 Å². The lowest BCUT2D eigenvalue weighted by atomic mass is 10.1. The number of amides is 2. The van der Waals surface area contributed by atoms with E-state index in [4.69, 9.17) is 9.15 Å². The molecular formula is C24H20N2O5S2. The Hall–Kier alpha value is -3.30. The van der Waals surface area contributed by atoms with Crippen molar-refractivity contribution in [1.82, 2.24) is 10.3 Å². The maximum atomic E-state index is 11.7. The zero-order valence-corrected chi connectivity index (χ0v) is 19.3. The van der Waals surface area contributed by atoms with Gasteiger partial charge in [-0.15, -0.1) is 11.3 Å². The molecule has 1 unspecified atom stereocenters. The van der Waals surface area contributed by atoms with Gasteiger partial charge in [0.2, 0.25) is 11.8 Å². The van der Waals surface area contributed by atoms with E-state index < -0.39 is 0 Å². The number of imide groups is 1. The summed E-state index contributed by atoms with van der Waals surface area (Å²) < 4.78 is 12.8. The Morgan fingerprint density at radius 2 is 1.97 bits per heavy atom. The molecule has 2 amide bonds. The van der Waals surface area contributed by atoms with Gasteiger partial charge in [-0.2, -0.15) is 0 Å². The summed E-state index contributed by atoms with van der Waals surface area (Å²) in [7, 11) is 0. The van der Waals surface area contributed by atoms with Crippen LogP contribution in [0.5, 0.6) is 11.5 Å². The van der Waals surface area contributed by atoms with Crippen LogP contribution in [0, 0.1) is 6.92 Å². The highest BCUT2D eigenvalue weighted by Crippen LogP contribution is 2.35. The Labute approximate surface area is 197 Å². The van der Waals surface area contributed by atoms with E-state index in [1.165, 1.54) is 0 Å². The number of carbonyl (C=O) groups excluding carboxylic acids is 2. The minimum absolute atomic E-state index is 0.235. The first-order valence-corrected chi connectivity index (χ1v) is 12.1. The molecule has 33 heavy (non-hydrogen) atoms. The molecule has 0 bridgehead atoms. The number of thiophene rings is 1. The normalized spacial score (nSPS) is 15.8. The van der Waals surface area contributed by atoms with Crippen molar-refractivity contribution in [3.05, 3.63) is 65.5 Å². The van der Waals surface area contributed by atoms with Crippen molar-refractivity contribution < 1.29 is 23.8 Å². The molecule has 1 atom stereocenters. The number of phenolic OH excluding ortho intramolecular Hbond substituents is 1. The minimum Gasteiger partial charge on any atom is -0.508 e. The molecule has 0 radical (unpaired) electrons. The second kappa shape index (κ2) is 8.92. The fraction of sp³-hybridized carbons (Fsp3) is 0.208. The third-order valence-corrected chi connectivity index (χ3v) is 7.41. The molecular weight excluding hydrogens is 460 g/mol. The molecule has 1 saturated heterocycles. The van der Waals surface area contributed by atoms with Gasteiger partial charge < -0.3 is 14.3 Å². The molecule has 4 aromatic rings. The number of aromatic nitrogens is 1. The van der Waals surface area contributed by atoms with Crippen molar-refractivity contribution in [3.63, 3.8) is 0 Å². The largest absolute Gasteiger partial charge is 0.508 e. The summed E-state index contributed by atoms with van der Waals surface area (Å²) >= 11 is 2.60. The number of nitrogens with one attached hydrogen (secondary N) is 1. The summed E-state index contributed by atoms with van der Waals surface area (Å²) in [4.78, 5) is 28.6. The summed E-state index contributed by atoms with van der Waals surface area (Å²) in [6, 6.07) is 14.8. The van der Waals surface area contributed by atoms with E-state index >= 15 is 0 Å². The highest BCUT2D eigenvalue weighted by Gasteiger charge is 2.31. The van der Waals surface area contributed by atoms with E-state index in [1.807, 2.05) is 43.3 Å². The molecule has 2 aromatic heterocycles. The van der Waals surface area contributed by atoms with Crippen molar-refractivity contribution in [2.75, 3.05) is 6.61 Å². The maximum Gasteiger partial charge on any atom is 0.286 e. The summed E-state index contributed by atoms with van der Waals surface area (Å²) in [6.45, 7) is 2.34. The number of ether oxygens (including phenoxy) is 1. The number of benzene rings is 2. The molecule has 3 heterocycles. The number of hydrogen-bond acceptors (Lipinski definition) is 8. The first-order valence-electron chi connectivity index (χ1n) is 10.4. The molecule has 7 nitrogen and oxygen atoms in total. The Bertz CT molecular complexity index is 1340. The van der Waals surface area contributed by atoms with Gasteiger partial charge in [-0.3, -0.25) is 14.9 Å². The van der Waals surface area contributed by atoms with Crippen LogP contribution >= 0.6 is 23.1 Å². The predicted molar refractivity (Wildman–Crippen MR) is 128 cm³/mol. The van der Waals surface area contributed by atoms with Crippen LogP contribution < -0.4 is 10.1 Å². The Balaban J connectivity index is 1.18. The minimum atomic E-state index is -0.375. The quantitative estimate of drug-likeness (QED) is 0.380. The van der Waals surface area contributed by atoms with Crippen LogP contribution in [0.2, 0.25) is 0 Å². The fourth-order valence-corrected chi connectivity index (χ4v) is 5.46. The lowest BCUT2D eigenvalue weighted by molar-refractivity contribution is -0.118. The van der Waals surface area contributed by atoms with Crippen molar-refractivity contribution in [3.8, 4) is 22.3 Å². The number of aromatic hydroxyl groups is 1. The molecule has 0 spiro atoms. The SMILES string of the molecule is Cc1oc(-c2cc3cc(O)ccc3s2)nc1CCOc1ccc(CC2SC(=O)NC2=O)cc1. The highest BCUT2D eigenvalue weighted by atomic mass is 32.2. The molecule has 5 rings (SSSR count). The number of nitrogens with zero attached hydrogens (tertiary/aromatic N) is 1. The van der Waals surface area contributed by atoms with Gasteiger partial charge in [0.15, 0.2) is 0 Å². The molecule has 1 fully saturated rings. The predicted octanol–water partition coefficient (Wildman–Crippen LogP) is 5.09. The Morgan fingerprint density at radius 3 is 2.73 bits per heavy atom. The summed E-state index contributed by atoms with van der Waals surface area (Å²) in [5.41, 5.74) is 1.81. The average Bonchev–Trinajstić information content (AvgIpc) is 3.46. The van der Waals surface area contributed by atoms with Gasteiger partial charge >= 0.3 is 0 Å². The maximum absolute atomic E-state index is 11.7. The number of oxazole rings is 1. The first-order chi connectivity index (χ1) is 15.9. The van der Waals surface area contributed by atoms with Crippen LogP contribution in [0.15, 0.2) is 52.9 Å². The van der Waals surface area contributed by atoms with Crippen molar-refractivity contribution in [1.29, 1.82) is 0 Å². The smallest absolute Gasteiger partial charge is 0.286 e. The Morgan fingerprint density at radius 1 is 1.15 bits per heavy atom. The zero-order valence-electron chi connectivity index (χ0n) is 17.7. The number of fused-ring (bicyclic) bond motifs is 1. The van der Waals surface area contributed by atoms with Crippen LogP contribution in [0.4, 0.5) is 4.79 Å². The van der Waals surface area contributed by atoms with Crippen LogP contribution in [-0.4, -0.2) is 33.1 Å². The number of phenols is 1. The number of hydrogen-bond donors (Lipinski definition) is 2. The van der Waals surface area contributed by atoms with Gasteiger partial charge in [-0.05, 0) is 60.7 Å². The van der Waals surface area contributed by atoms with Crippen LogP contribution in [0.25, 0.3) is 20.9 Å². The van der Waals surface area contributed by atoms with E-state index in [2.05, 4.69) is 10.3 Å². The van der Waals surface area contributed by atoms with Gasteiger partial charge in [0.1, 0.15) is 17.3 Å². The molecule has 0 saturated carbocycles. The van der Waals surface area contributed by atoms with Crippen LogP contribution in [-0.2, 0) is 17.6 Å². The topological polar surface area (TPSA) is 102 Å². The molecule has 2 N–H and O–H groups in total. The molecule has 2 aromatic carbocycles. The number of aryl methyl sites for hydroxylation is 1. The van der Waals surface area contributed by atoms with Crippen molar-refractivity contribution >= 4 is 44.3 Å². The molecule has 168 valence electrons. The van der Waals surface area contributed by atoms with Crippen molar-refractivity contribution in [2.24, 2.45) is 0 Å². The van der Waals surface area contributed by atoms with Gasteiger partial charge in [0.25, 0.3) is 5.24 Å². The number of rotatable bonds is 7. The second-order valence-corrected chi connectivity index (χ2v) is 9.94. The first kappa shape index (κ1) is 21.5. The fourth-order valence-electron chi connectivity index (χ4n) is 3.63. The van der Waals surface area contributed by atoms with E-state index in [9.17, 15) is 14.7 Å². The number of thioether (sulfide) groups is 1. The summed E-state index contributed by atoms with van der Waals surface area (Å²) in [5, 5.41) is 12.3. The van der Waals surface area contributed by atoms with E-state index in [0.717, 1.165) is 49.5 Å². The third kappa shape index (κ3) is 4.74. The average molecular weight is 481 g/mol. The standard InChI is InChI=1S/C24H20N2O5S2/c1-13-18(25-23(31-13)21-12-15-11-16(27)4-7-19(15)32-21)8-9-30-17-5-2-14(3-6-17)10-20-22(28)26-24(29)33-20/h2-7,11-12,20,27H,8-10H2,1H3,(H,26,28,29). The van der Waals surface area contributed by atoms with E-state index in [-0.39, 0.29) is 22.1 Å². The second-order valence-electron chi connectivity index (χ2n) is 7.68. The highest BCUT2D eigenvalue weighted by molar-refractivity contribution is 8.15. The Kier molecular flexibility index (Phi) is 5.82. The summed E-state index contributed by atoms with van der Waals surface area (Å²) in [6.07, 6.45) is 1.10. The van der Waals surface area contributed by atoms with E-state index in [0.29, 0.717) is 25.3 Å².